The largest absolute Gasteiger partial charge is 0.459 e. The fourth-order valence-corrected chi connectivity index (χ4v) is 3.21. The number of hydrogen-bond acceptors (Lipinski definition) is 4. The predicted molar refractivity (Wildman–Crippen MR) is 97.9 cm³/mol. The molecule has 0 saturated heterocycles. The minimum atomic E-state index is -3.56. The van der Waals surface area contributed by atoms with Gasteiger partial charge in [-0.3, -0.25) is 4.99 Å². The number of aliphatic imine (C=N–C) groups is 1. The van der Waals surface area contributed by atoms with Gasteiger partial charge in [-0.05, 0) is 48.5 Å². The summed E-state index contributed by atoms with van der Waals surface area (Å²) in [6.45, 7) is 0.0615. The number of benzene rings is 2. The Labute approximate surface area is 151 Å². The number of furan rings is 1. The highest BCUT2D eigenvalue weighted by atomic mass is 35.5. The Hall–Kier alpha value is -2.41. The minimum Gasteiger partial charge on any atom is -0.459 e. The summed E-state index contributed by atoms with van der Waals surface area (Å²) < 4.78 is 32.4. The number of rotatable bonds is 6. The van der Waals surface area contributed by atoms with Gasteiger partial charge in [0.15, 0.2) is 0 Å². The molecule has 5 nitrogen and oxygen atoms in total. The molecule has 0 bridgehead atoms. The Kier molecular flexibility index (Phi) is 5.33. The van der Waals surface area contributed by atoms with Crippen molar-refractivity contribution in [3.05, 3.63) is 83.3 Å². The molecule has 0 unspecified atom stereocenters. The van der Waals surface area contributed by atoms with Gasteiger partial charge in [-0.25, -0.2) is 13.1 Å². The van der Waals surface area contributed by atoms with E-state index in [-0.39, 0.29) is 11.4 Å². The van der Waals surface area contributed by atoms with Gasteiger partial charge in [0.05, 0.1) is 23.3 Å². The number of halogens is 1. The van der Waals surface area contributed by atoms with Gasteiger partial charge in [-0.2, -0.15) is 0 Å². The van der Waals surface area contributed by atoms with Crippen molar-refractivity contribution in [1.82, 2.24) is 4.72 Å². The van der Waals surface area contributed by atoms with Gasteiger partial charge < -0.3 is 4.42 Å². The molecule has 1 aromatic heterocycles. The first-order chi connectivity index (χ1) is 12.0. The van der Waals surface area contributed by atoms with Crippen LogP contribution in [0.5, 0.6) is 0 Å². The molecule has 0 aliphatic heterocycles. The molecule has 3 aromatic rings. The zero-order valence-electron chi connectivity index (χ0n) is 13.1. The van der Waals surface area contributed by atoms with E-state index >= 15 is 0 Å². The monoisotopic (exact) mass is 374 g/mol. The maximum atomic E-state index is 12.2. The number of hydrogen-bond donors (Lipinski definition) is 1. The number of nitrogens with zero attached hydrogens (tertiary/aromatic N) is 1. The molecule has 0 aliphatic rings. The molecule has 2 aromatic carbocycles. The molecular weight excluding hydrogens is 360 g/mol. The highest BCUT2D eigenvalue weighted by molar-refractivity contribution is 7.89. The quantitative estimate of drug-likeness (QED) is 0.658. The summed E-state index contributed by atoms with van der Waals surface area (Å²) in [5.74, 6) is 1.03. The van der Waals surface area contributed by atoms with Crippen molar-refractivity contribution in [3.63, 3.8) is 0 Å². The van der Waals surface area contributed by atoms with E-state index in [4.69, 9.17) is 16.0 Å². The molecule has 0 radical (unpaired) electrons. The van der Waals surface area contributed by atoms with Crippen molar-refractivity contribution in [3.8, 4) is 0 Å². The lowest BCUT2D eigenvalue weighted by molar-refractivity contribution is 0.494. The third-order valence-electron chi connectivity index (χ3n) is 3.34. The normalized spacial score (nSPS) is 11.9. The lowest BCUT2D eigenvalue weighted by Gasteiger charge is -2.04. The van der Waals surface area contributed by atoms with Crippen molar-refractivity contribution in [1.29, 1.82) is 0 Å². The van der Waals surface area contributed by atoms with Crippen LogP contribution in [-0.2, 0) is 16.6 Å². The van der Waals surface area contributed by atoms with Crippen LogP contribution in [-0.4, -0.2) is 14.6 Å². The van der Waals surface area contributed by atoms with E-state index in [0.717, 1.165) is 5.69 Å². The van der Waals surface area contributed by atoms with Crippen LogP contribution in [0.1, 0.15) is 11.5 Å². The molecule has 0 fully saturated rings. The van der Waals surface area contributed by atoms with Crippen molar-refractivity contribution in [2.75, 3.05) is 0 Å². The molecule has 128 valence electrons. The van der Waals surface area contributed by atoms with Crippen LogP contribution in [0.15, 0.2) is 81.0 Å². The molecule has 3 rings (SSSR count). The second kappa shape index (κ2) is 7.65. The van der Waals surface area contributed by atoms with Crippen LogP contribution in [0.25, 0.3) is 0 Å². The zero-order valence-corrected chi connectivity index (χ0v) is 14.7. The summed E-state index contributed by atoms with van der Waals surface area (Å²) in [5.41, 5.74) is 0.743. The zero-order chi connectivity index (χ0) is 17.7. The molecular formula is C18H15ClN2O3S. The number of nitrogens with one attached hydrogen (secondary N) is 1. The van der Waals surface area contributed by atoms with Crippen molar-refractivity contribution in [2.45, 2.75) is 11.4 Å². The predicted octanol–water partition coefficient (Wildman–Crippen LogP) is 4.16. The molecule has 7 heteroatoms. The summed E-state index contributed by atoms with van der Waals surface area (Å²) in [6.07, 6.45) is 1.57. The van der Waals surface area contributed by atoms with Crippen LogP contribution in [0.4, 0.5) is 5.69 Å². The maximum absolute atomic E-state index is 12.2. The van der Waals surface area contributed by atoms with Gasteiger partial charge in [0.25, 0.3) is 0 Å². The van der Waals surface area contributed by atoms with Gasteiger partial charge in [0.1, 0.15) is 11.5 Å². The van der Waals surface area contributed by atoms with Crippen LogP contribution in [0, 0.1) is 0 Å². The first-order valence-corrected chi connectivity index (χ1v) is 9.32. The molecule has 0 amide bonds. The number of sulfonamides is 1. The molecule has 1 heterocycles. The van der Waals surface area contributed by atoms with E-state index in [2.05, 4.69) is 9.71 Å². The lowest BCUT2D eigenvalue weighted by atomic mass is 10.3. The third kappa shape index (κ3) is 4.79. The summed E-state index contributed by atoms with van der Waals surface area (Å²) in [4.78, 5) is 4.49. The standard InChI is InChI=1S/C18H15ClN2O3S/c19-14-6-8-15(9-7-14)20-12-16-10-11-17(24-16)13-21-25(22,23)18-4-2-1-3-5-18/h1-12,21H,13H2. The van der Waals surface area contributed by atoms with Crippen LogP contribution >= 0.6 is 11.6 Å². The Morgan fingerprint density at radius 2 is 1.72 bits per heavy atom. The van der Waals surface area contributed by atoms with E-state index in [1.165, 1.54) is 12.1 Å². The smallest absolute Gasteiger partial charge is 0.240 e. The first-order valence-electron chi connectivity index (χ1n) is 7.46. The SMILES string of the molecule is O=S(=O)(NCc1ccc(C=Nc2ccc(Cl)cc2)o1)c1ccccc1. The topological polar surface area (TPSA) is 71.7 Å². The van der Waals surface area contributed by atoms with Gasteiger partial charge in [0, 0.05) is 5.02 Å². The van der Waals surface area contributed by atoms with Crippen LogP contribution < -0.4 is 4.72 Å². The summed E-state index contributed by atoms with van der Waals surface area (Å²) >= 11 is 5.82. The van der Waals surface area contributed by atoms with E-state index < -0.39 is 10.0 Å². The van der Waals surface area contributed by atoms with Crippen LogP contribution in [0.2, 0.25) is 5.02 Å². The van der Waals surface area contributed by atoms with Crippen molar-refractivity contribution in [2.24, 2.45) is 4.99 Å². The Morgan fingerprint density at radius 3 is 2.44 bits per heavy atom. The van der Waals surface area contributed by atoms with E-state index in [1.807, 2.05) is 0 Å². The average Bonchev–Trinajstić information content (AvgIpc) is 3.08. The van der Waals surface area contributed by atoms with Gasteiger partial charge in [0.2, 0.25) is 10.0 Å². The fraction of sp³-hybridized carbons (Fsp3) is 0.0556. The molecule has 0 spiro atoms. The van der Waals surface area contributed by atoms with E-state index in [1.54, 1.807) is 60.8 Å². The Bertz CT molecular complexity index is 965. The minimum absolute atomic E-state index is 0.0615. The second-order valence-corrected chi connectivity index (χ2v) is 7.38. The molecule has 0 saturated carbocycles. The van der Waals surface area contributed by atoms with Crippen molar-refractivity contribution < 1.29 is 12.8 Å². The Morgan fingerprint density at radius 1 is 1.00 bits per heavy atom. The first kappa shape index (κ1) is 17.4. The second-order valence-electron chi connectivity index (χ2n) is 5.18. The molecule has 1 N–H and O–H groups in total. The lowest BCUT2D eigenvalue weighted by Crippen LogP contribution is -2.22. The summed E-state index contributed by atoms with van der Waals surface area (Å²) in [7, 11) is -3.56. The summed E-state index contributed by atoms with van der Waals surface area (Å²) in [5, 5.41) is 0.643. The van der Waals surface area contributed by atoms with Crippen LogP contribution in [0.3, 0.4) is 0 Å². The highest BCUT2D eigenvalue weighted by Gasteiger charge is 2.13. The fourth-order valence-electron chi connectivity index (χ4n) is 2.07. The highest BCUT2D eigenvalue weighted by Crippen LogP contribution is 2.16. The van der Waals surface area contributed by atoms with Gasteiger partial charge >= 0.3 is 0 Å². The van der Waals surface area contributed by atoms with Gasteiger partial charge in [-0.15, -0.1) is 0 Å². The maximum Gasteiger partial charge on any atom is 0.240 e. The average molecular weight is 375 g/mol. The van der Waals surface area contributed by atoms with Crippen molar-refractivity contribution >= 4 is 33.5 Å². The third-order valence-corrected chi connectivity index (χ3v) is 5.01. The van der Waals surface area contributed by atoms with Gasteiger partial charge in [-0.1, -0.05) is 29.8 Å². The molecule has 0 atom stereocenters. The van der Waals surface area contributed by atoms with E-state index in [9.17, 15) is 8.42 Å². The molecule has 0 aliphatic carbocycles. The summed E-state index contributed by atoms with van der Waals surface area (Å²) in [6, 6.07) is 18.7. The molecule has 25 heavy (non-hydrogen) atoms. The van der Waals surface area contributed by atoms with E-state index in [0.29, 0.717) is 16.5 Å². The Balaban J connectivity index is 1.63.